The minimum Gasteiger partial charge on any atom is -0.317 e. The molecule has 1 aromatic rings. The standard InChI is InChI=1S/C12H13NO2.C4H11N/c1-4-13-10-8(3)6-5-7(2)9(10)11(14)12(13)15;1-3-5-4-2/h5-6H,4H2,1-3H3;5H,3-4H2,1-2H3. The van der Waals surface area contributed by atoms with Crippen LogP contribution in [-0.2, 0) is 4.79 Å². The Balaban J connectivity index is 0.000000347. The number of anilines is 1. The van der Waals surface area contributed by atoms with E-state index in [0.29, 0.717) is 12.1 Å². The molecule has 0 saturated heterocycles. The summed E-state index contributed by atoms with van der Waals surface area (Å²) >= 11 is 0. The number of hydrogen-bond acceptors (Lipinski definition) is 3. The number of ketones is 1. The topological polar surface area (TPSA) is 49.4 Å². The van der Waals surface area contributed by atoms with E-state index in [1.54, 1.807) is 4.90 Å². The van der Waals surface area contributed by atoms with Crippen molar-refractivity contribution in [3.8, 4) is 0 Å². The molecule has 1 aromatic carbocycles. The molecule has 2 rings (SSSR count). The van der Waals surface area contributed by atoms with Gasteiger partial charge >= 0.3 is 0 Å². The number of hydrogen-bond donors (Lipinski definition) is 1. The van der Waals surface area contributed by atoms with Crippen molar-refractivity contribution in [2.75, 3.05) is 24.5 Å². The summed E-state index contributed by atoms with van der Waals surface area (Å²) in [5, 5.41) is 3.11. The quantitative estimate of drug-likeness (QED) is 0.863. The second kappa shape index (κ2) is 7.20. The van der Waals surface area contributed by atoms with Crippen molar-refractivity contribution in [2.24, 2.45) is 0 Å². The first-order chi connectivity index (χ1) is 9.49. The molecule has 1 heterocycles. The van der Waals surface area contributed by atoms with E-state index >= 15 is 0 Å². The summed E-state index contributed by atoms with van der Waals surface area (Å²) in [5.41, 5.74) is 3.25. The number of Topliss-reactive ketones (excluding diaryl/α,β-unsaturated/α-hetero) is 1. The van der Waals surface area contributed by atoms with E-state index < -0.39 is 5.91 Å². The average Bonchev–Trinajstić information content (AvgIpc) is 2.69. The molecule has 0 aliphatic carbocycles. The largest absolute Gasteiger partial charge is 0.317 e. The predicted molar refractivity (Wildman–Crippen MR) is 82.5 cm³/mol. The normalized spacial score (nSPS) is 13.2. The third kappa shape index (κ3) is 3.07. The van der Waals surface area contributed by atoms with Crippen LogP contribution in [0.3, 0.4) is 0 Å². The fourth-order valence-electron chi connectivity index (χ4n) is 2.31. The maximum atomic E-state index is 11.7. The van der Waals surface area contributed by atoms with E-state index in [2.05, 4.69) is 19.2 Å². The van der Waals surface area contributed by atoms with Gasteiger partial charge in [-0.05, 0) is 45.0 Å². The van der Waals surface area contributed by atoms with Crippen LogP contribution in [0.2, 0.25) is 0 Å². The minimum absolute atomic E-state index is 0.368. The van der Waals surface area contributed by atoms with Gasteiger partial charge in [0.25, 0.3) is 11.7 Å². The van der Waals surface area contributed by atoms with Crippen LogP contribution < -0.4 is 10.2 Å². The van der Waals surface area contributed by atoms with Crippen molar-refractivity contribution in [2.45, 2.75) is 34.6 Å². The van der Waals surface area contributed by atoms with Gasteiger partial charge in [-0.2, -0.15) is 0 Å². The first-order valence-electron chi connectivity index (χ1n) is 7.16. The first kappa shape index (κ1) is 16.4. The zero-order valence-electron chi connectivity index (χ0n) is 13.0. The van der Waals surface area contributed by atoms with Crippen LogP contribution in [0.4, 0.5) is 5.69 Å². The monoisotopic (exact) mass is 276 g/mol. The number of carbonyl (C=O) groups excluding carboxylic acids is 2. The van der Waals surface area contributed by atoms with Gasteiger partial charge in [-0.15, -0.1) is 0 Å². The number of rotatable bonds is 3. The number of fused-ring (bicyclic) bond motifs is 1. The highest BCUT2D eigenvalue weighted by molar-refractivity contribution is 6.52. The molecule has 4 nitrogen and oxygen atoms in total. The van der Waals surface area contributed by atoms with Gasteiger partial charge < -0.3 is 10.2 Å². The summed E-state index contributed by atoms with van der Waals surface area (Å²) in [4.78, 5) is 25.0. The highest BCUT2D eigenvalue weighted by atomic mass is 16.2. The summed E-state index contributed by atoms with van der Waals surface area (Å²) in [5.74, 6) is -0.766. The Morgan fingerprint density at radius 2 is 1.55 bits per heavy atom. The molecule has 110 valence electrons. The molecule has 0 spiro atoms. The lowest BCUT2D eigenvalue weighted by atomic mass is 10.0. The fourth-order valence-corrected chi connectivity index (χ4v) is 2.31. The van der Waals surface area contributed by atoms with Crippen LogP contribution in [0.25, 0.3) is 0 Å². The Morgan fingerprint density at radius 1 is 1.00 bits per heavy atom. The van der Waals surface area contributed by atoms with Crippen LogP contribution in [0.1, 0.15) is 42.3 Å². The molecule has 1 N–H and O–H groups in total. The Morgan fingerprint density at radius 3 is 2.00 bits per heavy atom. The molecule has 4 heteroatoms. The fraction of sp³-hybridized carbons (Fsp3) is 0.500. The summed E-state index contributed by atoms with van der Waals surface area (Å²) in [7, 11) is 0. The number of nitrogens with zero attached hydrogens (tertiary/aromatic N) is 1. The van der Waals surface area contributed by atoms with Crippen molar-refractivity contribution in [3.05, 3.63) is 28.8 Å². The van der Waals surface area contributed by atoms with Crippen molar-refractivity contribution < 1.29 is 9.59 Å². The van der Waals surface area contributed by atoms with Gasteiger partial charge in [0, 0.05) is 6.54 Å². The molecule has 0 atom stereocenters. The lowest BCUT2D eigenvalue weighted by Gasteiger charge is -2.16. The zero-order chi connectivity index (χ0) is 15.3. The van der Waals surface area contributed by atoms with E-state index in [4.69, 9.17) is 0 Å². The molecular weight excluding hydrogens is 252 g/mol. The average molecular weight is 276 g/mol. The van der Waals surface area contributed by atoms with Gasteiger partial charge in [-0.25, -0.2) is 0 Å². The van der Waals surface area contributed by atoms with E-state index in [-0.39, 0.29) is 5.78 Å². The number of amides is 1. The predicted octanol–water partition coefficient (Wildman–Crippen LogP) is 2.47. The zero-order valence-corrected chi connectivity index (χ0v) is 13.0. The number of aryl methyl sites for hydroxylation is 2. The third-order valence-electron chi connectivity index (χ3n) is 3.34. The molecule has 0 fully saturated rings. The molecular formula is C16H24N2O2. The Kier molecular flexibility index (Phi) is 5.89. The van der Waals surface area contributed by atoms with E-state index in [0.717, 1.165) is 29.9 Å². The lowest BCUT2D eigenvalue weighted by molar-refractivity contribution is -0.114. The smallest absolute Gasteiger partial charge is 0.299 e. The van der Waals surface area contributed by atoms with E-state index in [9.17, 15) is 9.59 Å². The first-order valence-corrected chi connectivity index (χ1v) is 7.16. The van der Waals surface area contributed by atoms with Gasteiger partial charge in [-0.1, -0.05) is 26.0 Å². The highest BCUT2D eigenvalue weighted by Gasteiger charge is 2.36. The number of carbonyl (C=O) groups is 2. The van der Waals surface area contributed by atoms with Gasteiger partial charge in [0.1, 0.15) is 0 Å². The molecule has 0 radical (unpaired) electrons. The Bertz CT molecular complexity index is 507. The Hall–Kier alpha value is -1.68. The molecule has 20 heavy (non-hydrogen) atoms. The van der Waals surface area contributed by atoms with Gasteiger partial charge in [0.15, 0.2) is 0 Å². The van der Waals surface area contributed by atoms with Crippen molar-refractivity contribution >= 4 is 17.4 Å². The maximum absolute atomic E-state index is 11.7. The minimum atomic E-state index is -0.398. The molecule has 1 amide bonds. The van der Waals surface area contributed by atoms with E-state index in [1.165, 1.54) is 0 Å². The van der Waals surface area contributed by atoms with E-state index in [1.807, 2.05) is 32.9 Å². The summed E-state index contributed by atoms with van der Waals surface area (Å²) in [6.07, 6.45) is 0. The second-order valence-electron chi connectivity index (χ2n) is 4.76. The number of benzene rings is 1. The molecule has 0 saturated carbocycles. The van der Waals surface area contributed by atoms with Gasteiger partial charge in [-0.3, -0.25) is 9.59 Å². The molecule has 0 unspecified atom stereocenters. The number of likely N-dealkylation sites (N-methyl/N-ethyl adjacent to an activating group) is 1. The highest BCUT2D eigenvalue weighted by Crippen LogP contribution is 2.34. The molecule has 0 aromatic heterocycles. The molecule has 0 bridgehead atoms. The Labute approximate surface area is 121 Å². The molecule has 1 aliphatic heterocycles. The third-order valence-corrected chi connectivity index (χ3v) is 3.34. The SMILES string of the molecule is CCN1C(=O)C(=O)c2c(C)ccc(C)c21.CCNCC. The summed E-state index contributed by atoms with van der Waals surface area (Å²) < 4.78 is 0. The molecule has 1 aliphatic rings. The lowest BCUT2D eigenvalue weighted by Crippen LogP contribution is -2.29. The van der Waals surface area contributed by atoms with Crippen LogP contribution in [0.5, 0.6) is 0 Å². The van der Waals surface area contributed by atoms with Crippen LogP contribution >= 0.6 is 0 Å². The van der Waals surface area contributed by atoms with Gasteiger partial charge in [0.2, 0.25) is 0 Å². The maximum Gasteiger partial charge on any atom is 0.299 e. The van der Waals surface area contributed by atoms with Gasteiger partial charge in [0.05, 0.1) is 11.3 Å². The summed E-state index contributed by atoms with van der Waals surface area (Å²) in [6.45, 7) is 12.6. The second-order valence-corrected chi connectivity index (χ2v) is 4.76. The number of nitrogens with one attached hydrogen (secondary N) is 1. The van der Waals surface area contributed by atoms with Crippen LogP contribution in [-0.4, -0.2) is 31.3 Å². The van der Waals surface area contributed by atoms with Crippen LogP contribution in [0, 0.1) is 13.8 Å². The van der Waals surface area contributed by atoms with Crippen molar-refractivity contribution in [1.29, 1.82) is 0 Å². The van der Waals surface area contributed by atoms with Crippen molar-refractivity contribution in [3.63, 3.8) is 0 Å². The summed E-state index contributed by atoms with van der Waals surface area (Å²) in [6, 6.07) is 3.83. The van der Waals surface area contributed by atoms with Crippen molar-refractivity contribution in [1.82, 2.24) is 5.32 Å². The van der Waals surface area contributed by atoms with Crippen LogP contribution in [0.15, 0.2) is 12.1 Å².